The van der Waals surface area contributed by atoms with Crippen LogP contribution in [-0.4, -0.2) is 38.0 Å². The SMILES string of the molecule is COCCNC(=O)c1cccc(N2NC(=O)[C@@H]3CC=CC[C@H]3C2=O)c1. The normalized spacial score (nSPS) is 22.4. The number of carbonyl (C=O) groups is 3. The van der Waals surface area contributed by atoms with Crippen molar-refractivity contribution in [2.75, 3.05) is 25.3 Å². The standard InChI is InChI=1S/C18H21N3O4/c1-25-10-9-19-16(22)12-5-4-6-13(11-12)21-18(24)15-8-3-2-7-14(15)17(23)20-21/h2-6,11,14-15H,7-10H2,1H3,(H,19,22)(H,20,23)/t14-,15-/m1/s1. The van der Waals surface area contributed by atoms with Gasteiger partial charge in [0, 0.05) is 19.2 Å². The largest absolute Gasteiger partial charge is 0.383 e. The van der Waals surface area contributed by atoms with Crippen LogP contribution in [0.25, 0.3) is 0 Å². The molecular weight excluding hydrogens is 322 g/mol. The van der Waals surface area contributed by atoms with Crippen molar-refractivity contribution in [1.29, 1.82) is 0 Å². The Bertz CT molecular complexity index is 716. The molecule has 1 fully saturated rings. The van der Waals surface area contributed by atoms with E-state index < -0.39 is 0 Å². The molecule has 2 atom stereocenters. The second kappa shape index (κ2) is 7.48. The molecule has 2 aliphatic rings. The van der Waals surface area contributed by atoms with E-state index in [1.807, 2.05) is 12.2 Å². The molecule has 1 saturated heterocycles. The molecule has 3 rings (SSSR count). The monoisotopic (exact) mass is 343 g/mol. The van der Waals surface area contributed by atoms with Crippen LogP contribution in [0.2, 0.25) is 0 Å². The molecule has 0 aromatic heterocycles. The molecule has 1 heterocycles. The molecule has 3 amide bonds. The summed E-state index contributed by atoms with van der Waals surface area (Å²) in [6.45, 7) is 0.817. The van der Waals surface area contributed by atoms with Crippen molar-refractivity contribution in [3.05, 3.63) is 42.0 Å². The molecule has 1 aromatic rings. The van der Waals surface area contributed by atoms with E-state index in [1.165, 1.54) is 5.01 Å². The fourth-order valence-electron chi connectivity index (χ4n) is 3.14. The Labute approximate surface area is 146 Å². The number of fused-ring (bicyclic) bond motifs is 1. The van der Waals surface area contributed by atoms with Crippen LogP contribution in [0, 0.1) is 11.8 Å². The van der Waals surface area contributed by atoms with Gasteiger partial charge in [-0.25, -0.2) is 5.01 Å². The first-order valence-electron chi connectivity index (χ1n) is 8.28. The molecule has 7 heteroatoms. The van der Waals surface area contributed by atoms with E-state index in [9.17, 15) is 14.4 Å². The van der Waals surface area contributed by atoms with Gasteiger partial charge in [-0.3, -0.25) is 19.8 Å². The number of hydrazine groups is 1. The quantitative estimate of drug-likeness (QED) is 0.617. The van der Waals surface area contributed by atoms with Gasteiger partial charge in [0.15, 0.2) is 0 Å². The predicted octanol–water partition coefficient (Wildman–Crippen LogP) is 1.02. The highest BCUT2D eigenvalue weighted by atomic mass is 16.5. The Kier molecular flexibility index (Phi) is 5.14. The highest BCUT2D eigenvalue weighted by molar-refractivity contribution is 6.05. The zero-order valence-electron chi connectivity index (χ0n) is 14.0. The van der Waals surface area contributed by atoms with Gasteiger partial charge in [-0.2, -0.15) is 0 Å². The van der Waals surface area contributed by atoms with Crippen molar-refractivity contribution in [2.45, 2.75) is 12.8 Å². The number of benzene rings is 1. The number of anilines is 1. The maximum Gasteiger partial charge on any atom is 0.251 e. The minimum Gasteiger partial charge on any atom is -0.383 e. The summed E-state index contributed by atoms with van der Waals surface area (Å²) in [5, 5.41) is 3.99. The molecule has 0 saturated carbocycles. The molecule has 0 radical (unpaired) electrons. The number of methoxy groups -OCH3 is 1. The summed E-state index contributed by atoms with van der Waals surface area (Å²) in [7, 11) is 1.56. The van der Waals surface area contributed by atoms with E-state index in [0.717, 1.165) is 0 Å². The summed E-state index contributed by atoms with van der Waals surface area (Å²) in [4.78, 5) is 37.2. The molecule has 1 aromatic carbocycles. The highest BCUT2D eigenvalue weighted by Gasteiger charge is 2.42. The lowest BCUT2D eigenvalue weighted by molar-refractivity contribution is -0.139. The van der Waals surface area contributed by atoms with E-state index in [-0.39, 0.29) is 29.6 Å². The molecule has 25 heavy (non-hydrogen) atoms. The summed E-state index contributed by atoms with van der Waals surface area (Å²) in [5.41, 5.74) is 3.55. The van der Waals surface area contributed by atoms with Gasteiger partial charge >= 0.3 is 0 Å². The molecule has 7 nitrogen and oxygen atoms in total. The van der Waals surface area contributed by atoms with Crippen molar-refractivity contribution in [3.8, 4) is 0 Å². The van der Waals surface area contributed by atoms with Crippen LogP contribution in [0.5, 0.6) is 0 Å². The van der Waals surface area contributed by atoms with Crippen LogP contribution in [-0.2, 0) is 14.3 Å². The highest BCUT2D eigenvalue weighted by Crippen LogP contribution is 2.32. The van der Waals surface area contributed by atoms with Crippen LogP contribution < -0.4 is 15.8 Å². The smallest absolute Gasteiger partial charge is 0.251 e. The van der Waals surface area contributed by atoms with Crippen LogP contribution in [0.4, 0.5) is 5.69 Å². The number of carbonyl (C=O) groups excluding carboxylic acids is 3. The molecule has 1 aliphatic heterocycles. The van der Waals surface area contributed by atoms with Gasteiger partial charge in [-0.1, -0.05) is 18.2 Å². The van der Waals surface area contributed by atoms with E-state index in [4.69, 9.17) is 4.74 Å². The van der Waals surface area contributed by atoms with Crippen molar-refractivity contribution in [1.82, 2.24) is 10.7 Å². The number of ether oxygens (including phenoxy) is 1. The predicted molar refractivity (Wildman–Crippen MR) is 91.6 cm³/mol. The van der Waals surface area contributed by atoms with Crippen LogP contribution in [0.15, 0.2) is 36.4 Å². The summed E-state index contributed by atoms with van der Waals surface area (Å²) in [6, 6.07) is 6.64. The number of hydrogen-bond acceptors (Lipinski definition) is 4. The Balaban J connectivity index is 1.78. The fraction of sp³-hybridized carbons (Fsp3) is 0.389. The molecular formula is C18H21N3O4. The van der Waals surface area contributed by atoms with Crippen molar-refractivity contribution in [3.63, 3.8) is 0 Å². The van der Waals surface area contributed by atoms with Gasteiger partial charge in [-0.05, 0) is 31.0 Å². The molecule has 0 bridgehead atoms. The number of rotatable bonds is 5. The zero-order valence-corrected chi connectivity index (χ0v) is 14.0. The minimum atomic E-state index is -0.349. The Morgan fingerprint density at radius 1 is 1.28 bits per heavy atom. The molecule has 0 spiro atoms. The van der Waals surface area contributed by atoms with Gasteiger partial charge in [0.2, 0.25) is 11.8 Å². The lowest BCUT2D eigenvalue weighted by Crippen LogP contribution is -2.59. The third kappa shape index (κ3) is 3.56. The first-order chi connectivity index (χ1) is 12.1. The molecule has 132 valence electrons. The van der Waals surface area contributed by atoms with E-state index in [2.05, 4.69) is 10.7 Å². The van der Waals surface area contributed by atoms with Gasteiger partial charge in [0.25, 0.3) is 5.91 Å². The van der Waals surface area contributed by atoms with Crippen molar-refractivity contribution < 1.29 is 19.1 Å². The number of hydrogen-bond donors (Lipinski definition) is 2. The lowest BCUT2D eigenvalue weighted by Gasteiger charge is -2.38. The first kappa shape index (κ1) is 17.2. The van der Waals surface area contributed by atoms with Gasteiger partial charge in [0.05, 0.1) is 24.1 Å². The number of amides is 3. The minimum absolute atomic E-state index is 0.147. The van der Waals surface area contributed by atoms with Crippen molar-refractivity contribution in [2.24, 2.45) is 11.8 Å². The average Bonchev–Trinajstić information content (AvgIpc) is 2.65. The summed E-state index contributed by atoms with van der Waals surface area (Å²) >= 11 is 0. The first-order valence-corrected chi connectivity index (χ1v) is 8.28. The Hall–Kier alpha value is -2.67. The molecule has 2 N–H and O–H groups in total. The third-order valence-electron chi connectivity index (χ3n) is 4.49. The van der Waals surface area contributed by atoms with E-state index in [1.54, 1.807) is 31.4 Å². The van der Waals surface area contributed by atoms with Gasteiger partial charge in [0.1, 0.15) is 0 Å². The fourth-order valence-corrected chi connectivity index (χ4v) is 3.14. The number of nitrogens with zero attached hydrogens (tertiary/aromatic N) is 1. The summed E-state index contributed by atoms with van der Waals surface area (Å²) in [6.07, 6.45) is 5.02. The van der Waals surface area contributed by atoms with Crippen LogP contribution >= 0.6 is 0 Å². The number of allylic oxidation sites excluding steroid dienone is 2. The maximum absolute atomic E-state index is 12.8. The molecule has 1 aliphatic carbocycles. The lowest BCUT2D eigenvalue weighted by atomic mass is 9.80. The van der Waals surface area contributed by atoms with Crippen LogP contribution in [0.1, 0.15) is 23.2 Å². The molecule has 0 unspecified atom stereocenters. The van der Waals surface area contributed by atoms with Crippen LogP contribution in [0.3, 0.4) is 0 Å². The Morgan fingerprint density at radius 3 is 2.80 bits per heavy atom. The van der Waals surface area contributed by atoms with E-state index >= 15 is 0 Å². The zero-order chi connectivity index (χ0) is 17.8. The number of nitrogens with one attached hydrogen (secondary N) is 2. The average molecular weight is 343 g/mol. The topological polar surface area (TPSA) is 87.7 Å². The van der Waals surface area contributed by atoms with Crippen molar-refractivity contribution >= 4 is 23.4 Å². The second-order valence-corrected chi connectivity index (χ2v) is 6.10. The summed E-state index contributed by atoms with van der Waals surface area (Å²) in [5.74, 6) is -1.23. The third-order valence-corrected chi connectivity index (χ3v) is 4.49. The van der Waals surface area contributed by atoms with E-state index in [0.29, 0.717) is 37.2 Å². The maximum atomic E-state index is 12.8. The van der Waals surface area contributed by atoms with Gasteiger partial charge < -0.3 is 10.1 Å². The van der Waals surface area contributed by atoms with Gasteiger partial charge in [-0.15, -0.1) is 0 Å². The second-order valence-electron chi connectivity index (χ2n) is 6.10. The summed E-state index contributed by atoms with van der Waals surface area (Å²) < 4.78 is 4.90. The Morgan fingerprint density at radius 2 is 2.04 bits per heavy atom.